The first kappa shape index (κ1) is 20.6. The average Bonchev–Trinajstić information content (AvgIpc) is 3.35. The zero-order valence-electron chi connectivity index (χ0n) is 18.2. The van der Waals surface area contributed by atoms with Gasteiger partial charge in [-0.3, -0.25) is 14.4 Å². The van der Waals surface area contributed by atoms with Gasteiger partial charge in [0.1, 0.15) is 5.76 Å². The van der Waals surface area contributed by atoms with Gasteiger partial charge in [0, 0.05) is 19.0 Å². The van der Waals surface area contributed by atoms with Gasteiger partial charge in [0.05, 0.1) is 18.7 Å². The van der Waals surface area contributed by atoms with Crippen molar-refractivity contribution in [2.75, 3.05) is 13.2 Å². The van der Waals surface area contributed by atoms with Crippen molar-refractivity contribution >= 4 is 17.8 Å². The molecule has 2 heterocycles. The van der Waals surface area contributed by atoms with Crippen LogP contribution in [0.1, 0.15) is 57.6 Å². The fraction of sp³-hybridized carbons (Fsp3) is 0.708. The Morgan fingerprint density at radius 2 is 1.90 bits per heavy atom. The summed E-state index contributed by atoms with van der Waals surface area (Å²) >= 11 is 0. The van der Waals surface area contributed by atoms with Crippen molar-refractivity contribution in [1.82, 2.24) is 10.2 Å². The molecule has 31 heavy (non-hydrogen) atoms. The number of hydrogen-bond acceptors (Lipinski definition) is 5. The summed E-state index contributed by atoms with van der Waals surface area (Å²) in [5.74, 6) is 1.81. The molecule has 0 unspecified atom stereocenters. The Morgan fingerprint density at radius 1 is 1.23 bits per heavy atom. The molecule has 0 aromatic carbocycles. The van der Waals surface area contributed by atoms with E-state index in [1.807, 2.05) is 0 Å². The van der Waals surface area contributed by atoms with Gasteiger partial charge in [0.25, 0.3) is 5.91 Å². The molecule has 7 nitrogen and oxygen atoms in total. The number of nitrogens with one attached hydrogen (secondary N) is 1. The van der Waals surface area contributed by atoms with E-state index in [1.165, 1.54) is 38.5 Å². The van der Waals surface area contributed by atoms with E-state index in [0.29, 0.717) is 18.8 Å². The number of carbonyl (C=O) groups excluding carboxylic acids is 3. The summed E-state index contributed by atoms with van der Waals surface area (Å²) in [6.07, 6.45) is 9.44. The summed E-state index contributed by atoms with van der Waals surface area (Å²) < 4.78 is 10.6. The predicted molar refractivity (Wildman–Crippen MR) is 111 cm³/mol. The second kappa shape index (κ2) is 7.99. The molecule has 5 fully saturated rings. The van der Waals surface area contributed by atoms with Gasteiger partial charge in [-0.2, -0.15) is 0 Å². The zero-order chi connectivity index (χ0) is 21.6. The van der Waals surface area contributed by atoms with Crippen LogP contribution in [0.5, 0.6) is 0 Å². The molecule has 2 atom stereocenters. The number of likely N-dealkylation sites (tertiary alicyclic amines) is 1. The van der Waals surface area contributed by atoms with Gasteiger partial charge in [-0.05, 0) is 80.8 Å². The van der Waals surface area contributed by atoms with E-state index < -0.39 is 11.9 Å². The molecular weight excluding hydrogens is 396 g/mol. The summed E-state index contributed by atoms with van der Waals surface area (Å²) in [7, 11) is 0. The highest BCUT2D eigenvalue weighted by Crippen LogP contribution is 2.61. The fourth-order valence-corrected chi connectivity index (χ4v) is 7.07. The van der Waals surface area contributed by atoms with Crippen molar-refractivity contribution in [3.8, 4) is 0 Å². The van der Waals surface area contributed by atoms with E-state index in [0.717, 1.165) is 17.8 Å². The van der Waals surface area contributed by atoms with E-state index in [1.54, 1.807) is 23.3 Å². The second-order valence-electron chi connectivity index (χ2n) is 10.4. The van der Waals surface area contributed by atoms with Crippen molar-refractivity contribution < 1.29 is 23.5 Å². The lowest BCUT2D eigenvalue weighted by atomic mass is 9.48. The lowest BCUT2D eigenvalue weighted by Gasteiger charge is -2.59. The summed E-state index contributed by atoms with van der Waals surface area (Å²) in [4.78, 5) is 38.8. The minimum Gasteiger partial charge on any atom is -0.467 e. The van der Waals surface area contributed by atoms with Crippen molar-refractivity contribution in [2.24, 2.45) is 29.1 Å². The number of esters is 1. The van der Waals surface area contributed by atoms with Crippen LogP contribution in [0.15, 0.2) is 22.8 Å². The molecule has 0 spiro atoms. The van der Waals surface area contributed by atoms with Crippen LogP contribution in [0.2, 0.25) is 0 Å². The summed E-state index contributed by atoms with van der Waals surface area (Å²) in [5.41, 5.74) is 0.221. The maximum Gasteiger partial charge on any atom is 0.311 e. The lowest BCUT2D eigenvalue weighted by molar-refractivity contribution is -0.153. The third-order valence-electron chi connectivity index (χ3n) is 8.20. The maximum absolute atomic E-state index is 12.5. The van der Waals surface area contributed by atoms with Crippen LogP contribution in [0, 0.1) is 29.1 Å². The Balaban J connectivity index is 1.09. The van der Waals surface area contributed by atoms with Crippen molar-refractivity contribution in [3.05, 3.63) is 24.2 Å². The van der Waals surface area contributed by atoms with E-state index >= 15 is 0 Å². The number of furan rings is 1. The molecule has 6 rings (SSSR count). The predicted octanol–water partition coefficient (Wildman–Crippen LogP) is 2.89. The number of ether oxygens (including phenoxy) is 1. The number of hydrogen-bond donors (Lipinski definition) is 1. The van der Waals surface area contributed by atoms with E-state index in [4.69, 9.17) is 9.15 Å². The Labute approximate surface area is 182 Å². The fourth-order valence-electron chi connectivity index (χ4n) is 7.07. The summed E-state index contributed by atoms with van der Waals surface area (Å²) in [6.45, 7) is 2.48. The quantitative estimate of drug-likeness (QED) is 0.675. The minimum absolute atomic E-state index is 0.0989. The lowest BCUT2D eigenvalue weighted by Crippen LogP contribution is -2.56. The van der Waals surface area contributed by atoms with Crippen molar-refractivity contribution in [1.29, 1.82) is 0 Å². The molecule has 0 radical (unpaired) electrons. The highest BCUT2D eigenvalue weighted by atomic mass is 16.5. The molecule has 1 aromatic heterocycles. The Bertz CT molecular complexity index is 813. The molecule has 5 aliphatic rings. The van der Waals surface area contributed by atoms with Crippen LogP contribution in [-0.2, 0) is 25.7 Å². The van der Waals surface area contributed by atoms with E-state index in [2.05, 4.69) is 12.2 Å². The van der Waals surface area contributed by atoms with Gasteiger partial charge >= 0.3 is 5.97 Å². The second-order valence-corrected chi connectivity index (χ2v) is 10.4. The largest absolute Gasteiger partial charge is 0.467 e. The van der Waals surface area contributed by atoms with Gasteiger partial charge in [-0.1, -0.05) is 0 Å². The number of amides is 2. The number of carbonyl (C=O) groups is 3. The SMILES string of the molecule is C[C@H](NC(=O)COC(=O)[C@H]1CC(=O)N(Cc2ccco2)C1)C12CC3CC(CC(C3)C1)C2. The normalized spacial score (nSPS) is 34.7. The molecular formula is C24H32N2O5. The van der Waals surface area contributed by atoms with Crippen molar-refractivity contribution in [3.63, 3.8) is 0 Å². The van der Waals surface area contributed by atoms with Gasteiger partial charge in [0.15, 0.2) is 6.61 Å². The number of nitrogens with zero attached hydrogens (tertiary/aromatic N) is 1. The van der Waals surface area contributed by atoms with Crippen LogP contribution in [0.4, 0.5) is 0 Å². The Hall–Kier alpha value is -2.31. The van der Waals surface area contributed by atoms with Gasteiger partial charge in [-0.15, -0.1) is 0 Å². The van der Waals surface area contributed by atoms with Crippen LogP contribution < -0.4 is 5.32 Å². The average molecular weight is 429 g/mol. The molecule has 1 N–H and O–H groups in total. The topological polar surface area (TPSA) is 88.8 Å². The van der Waals surface area contributed by atoms with Gasteiger partial charge in [-0.25, -0.2) is 0 Å². The molecule has 1 aromatic rings. The molecule has 7 heteroatoms. The van der Waals surface area contributed by atoms with Crippen LogP contribution in [0.3, 0.4) is 0 Å². The first-order chi connectivity index (χ1) is 14.9. The highest BCUT2D eigenvalue weighted by Gasteiger charge is 2.53. The van der Waals surface area contributed by atoms with E-state index in [-0.39, 0.29) is 36.3 Å². The molecule has 168 valence electrons. The van der Waals surface area contributed by atoms with Gasteiger partial charge < -0.3 is 19.4 Å². The number of rotatable bonds is 7. The smallest absolute Gasteiger partial charge is 0.311 e. The van der Waals surface area contributed by atoms with Gasteiger partial charge in [0.2, 0.25) is 5.91 Å². The first-order valence-corrected chi connectivity index (χ1v) is 11.7. The van der Waals surface area contributed by atoms with E-state index in [9.17, 15) is 14.4 Å². The zero-order valence-corrected chi connectivity index (χ0v) is 18.2. The minimum atomic E-state index is -0.532. The third kappa shape index (κ3) is 4.11. The molecule has 4 aliphatic carbocycles. The molecule has 2 amide bonds. The van der Waals surface area contributed by atoms with Crippen LogP contribution in [-0.4, -0.2) is 41.9 Å². The molecule has 1 aliphatic heterocycles. The van der Waals surface area contributed by atoms with Crippen LogP contribution >= 0.6 is 0 Å². The molecule has 4 saturated carbocycles. The molecule has 1 saturated heterocycles. The first-order valence-electron chi connectivity index (χ1n) is 11.7. The summed E-state index contributed by atoms with van der Waals surface area (Å²) in [5, 5.41) is 3.12. The third-order valence-corrected chi connectivity index (χ3v) is 8.20. The van der Waals surface area contributed by atoms with Crippen molar-refractivity contribution in [2.45, 2.75) is 64.5 Å². The maximum atomic E-state index is 12.5. The monoisotopic (exact) mass is 428 g/mol. The summed E-state index contributed by atoms with van der Waals surface area (Å²) in [6, 6.07) is 3.67. The Morgan fingerprint density at radius 3 is 2.52 bits per heavy atom. The molecule has 4 bridgehead atoms. The van der Waals surface area contributed by atoms with Crippen LogP contribution in [0.25, 0.3) is 0 Å². The Kier molecular flexibility index (Phi) is 5.30. The standard InChI is InChI=1S/C24H32N2O5/c1-15(24-9-16-5-17(10-24)7-18(6-16)11-24)25-21(27)14-31-23(29)19-8-22(28)26(12-19)13-20-3-2-4-30-20/h2-4,15-19H,5-14H2,1H3,(H,25,27)/t15-,16?,17?,18?,19-,24?/m0/s1. The highest BCUT2D eigenvalue weighted by molar-refractivity contribution is 5.88.